The predicted molar refractivity (Wildman–Crippen MR) is 98.9 cm³/mol. The number of aromatic nitrogens is 5. The van der Waals surface area contributed by atoms with Crippen LogP contribution >= 0.6 is 11.8 Å². The number of rotatable bonds is 8. The molecule has 0 spiro atoms. The first-order chi connectivity index (χ1) is 13.2. The van der Waals surface area contributed by atoms with Crippen LogP contribution in [0.15, 0.2) is 46.6 Å². The van der Waals surface area contributed by atoms with Gasteiger partial charge in [0.15, 0.2) is 0 Å². The maximum atomic E-state index is 12.4. The van der Waals surface area contributed by atoms with Gasteiger partial charge in [-0.25, -0.2) is 9.67 Å². The van der Waals surface area contributed by atoms with E-state index in [1.165, 1.54) is 23.7 Å². The highest BCUT2D eigenvalue weighted by Gasteiger charge is 2.33. The minimum Gasteiger partial charge on any atom is -0.414 e. The third kappa shape index (κ3) is 4.73. The Morgan fingerprint density at radius 2 is 2.15 bits per heavy atom. The van der Waals surface area contributed by atoms with Crippen molar-refractivity contribution in [2.45, 2.75) is 37.6 Å². The largest absolute Gasteiger partial charge is 0.414 e. The highest BCUT2D eigenvalue weighted by Crippen LogP contribution is 2.41. The number of benzene rings is 1. The van der Waals surface area contributed by atoms with Crippen LogP contribution in [0.5, 0.6) is 0 Å². The molecule has 0 radical (unpaired) electrons. The number of amides is 1. The van der Waals surface area contributed by atoms with Gasteiger partial charge in [-0.3, -0.25) is 4.79 Å². The molecule has 9 heteroatoms. The van der Waals surface area contributed by atoms with Crippen LogP contribution in [0.1, 0.15) is 35.9 Å². The van der Waals surface area contributed by atoms with Gasteiger partial charge in [0.25, 0.3) is 5.22 Å². The van der Waals surface area contributed by atoms with E-state index in [2.05, 4.69) is 56.8 Å². The molecule has 1 N–H and O–H groups in total. The molecule has 0 bridgehead atoms. The Balaban J connectivity index is 1.31. The van der Waals surface area contributed by atoms with Crippen molar-refractivity contribution in [3.8, 4) is 0 Å². The fraction of sp³-hybridized carbons (Fsp3) is 0.389. The zero-order chi connectivity index (χ0) is 18.6. The predicted octanol–water partition coefficient (Wildman–Crippen LogP) is 2.38. The van der Waals surface area contributed by atoms with Gasteiger partial charge in [-0.15, -0.1) is 10.2 Å². The maximum Gasteiger partial charge on any atom is 0.277 e. The van der Waals surface area contributed by atoms with Crippen molar-refractivity contribution in [1.82, 2.24) is 30.3 Å². The van der Waals surface area contributed by atoms with E-state index in [0.717, 1.165) is 18.4 Å². The molecule has 27 heavy (non-hydrogen) atoms. The van der Waals surface area contributed by atoms with Crippen LogP contribution in [0.2, 0.25) is 0 Å². The first kappa shape index (κ1) is 17.7. The number of carbonyl (C=O) groups is 1. The Labute approximate surface area is 160 Å². The van der Waals surface area contributed by atoms with E-state index < -0.39 is 0 Å². The van der Waals surface area contributed by atoms with Gasteiger partial charge >= 0.3 is 0 Å². The van der Waals surface area contributed by atoms with Crippen molar-refractivity contribution in [1.29, 1.82) is 0 Å². The van der Waals surface area contributed by atoms with E-state index in [4.69, 9.17) is 4.42 Å². The molecule has 4 rings (SSSR count). The maximum absolute atomic E-state index is 12.4. The third-order valence-corrected chi connectivity index (χ3v) is 5.20. The molecular weight excluding hydrogens is 364 g/mol. The monoisotopic (exact) mass is 384 g/mol. The summed E-state index contributed by atoms with van der Waals surface area (Å²) in [4.78, 5) is 16.3. The second kappa shape index (κ2) is 7.91. The number of nitrogens with one attached hydrogen (secondary N) is 1. The molecule has 2 aromatic heterocycles. The van der Waals surface area contributed by atoms with E-state index in [1.54, 1.807) is 11.0 Å². The Bertz CT molecular complexity index is 889. The summed E-state index contributed by atoms with van der Waals surface area (Å²) in [7, 11) is 0. The Morgan fingerprint density at radius 1 is 1.33 bits per heavy atom. The van der Waals surface area contributed by atoms with E-state index in [-0.39, 0.29) is 17.7 Å². The number of aryl methyl sites for hydroxylation is 1. The topological polar surface area (TPSA) is 98.7 Å². The summed E-state index contributed by atoms with van der Waals surface area (Å²) >= 11 is 1.24. The highest BCUT2D eigenvalue weighted by molar-refractivity contribution is 7.99. The summed E-state index contributed by atoms with van der Waals surface area (Å²) in [5.74, 6) is 1.16. The summed E-state index contributed by atoms with van der Waals surface area (Å²) in [6, 6.07) is 8.44. The number of thioether (sulfide) groups is 1. The smallest absolute Gasteiger partial charge is 0.277 e. The van der Waals surface area contributed by atoms with Gasteiger partial charge in [0, 0.05) is 0 Å². The minimum absolute atomic E-state index is 0.0338. The zero-order valence-corrected chi connectivity index (χ0v) is 15.7. The third-order valence-electron chi connectivity index (χ3n) is 4.39. The molecule has 0 saturated heterocycles. The lowest BCUT2D eigenvalue weighted by atomic mass is 10.0. The lowest BCUT2D eigenvalue weighted by Crippen LogP contribution is -2.31. The highest BCUT2D eigenvalue weighted by atomic mass is 32.2. The molecule has 1 unspecified atom stereocenters. The Hall–Kier alpha value is -2.68. The minimum atomic E-state index is -0.0338. The van der Waals surface area contributed by atoms with E-state index in [0.29, 0.717) is 23.6 Å². The normalized spacial score (nSPS) is 14.9. The molecule has 2 heterocycles. The summed E-state index contributed by atoms with van der Waals surface area (Å²) in [5, 5.41) is 15.5. The first-order valence-electron chi connectivity index (χ1n) is 8.81. The first-order valence-corrected chi connectivity index (χ1v) is 9.79. The number of carbonyl (C=O) groups excluding carboxylic acids is 1. The van der Waals surface area contributed by atoms with Crippen LogP contribution in [0.4, 0.5) is 0 Å². The second-order valence-electron chi connectivity index (χ2n) is 6.64. The lowest BCUT2D eigenvalue weighted by molar-refractivity contribution is -0.119. The number of hydrogen-bond acceptors (Lipinski definition) is 7. The molecule has 1 fully saturated rings. The average molecular weight is 384 g/mol. The van der Waals surface area contributed by atoms with Crippen molar-refractivity contribution in [3.05, 3.63) is 53.9 Å². The molecule has 3 aromatic rings. The van der Waals surface area contributed by atoms with Crippen LogP contribution in [0, 0.1) is 12.8 Å². The SMILES string of the molecule is Cc1ccc(C(NC(=O)CSc2nnc(Cn3cncn3)o2)C2CC2)cc1. The summed E-state index contributed by atoms with van der Waals surface area (Å²) < 4.78 is 7.14. The van der Waals surface area contributed by atoms with E-state index in [1.807, 2.05) is 0 Å². The average Bonchev–Trinajstić information content (AvgIpc) is 3.19. The van der Waals surface area contributed by atoms with Crippen LogP contribution in [-0.4, -0.2) is 36.6 Å². The Kier molecular flexibility index (Phi) is 5.19. The molecule has 1 aliphatic rings. The molecular formula is C18H20N6O2S. The van der Waals surface area contributed by atoms with Crippen molar-refractivity contribution in [3.63, 3.8) is 0 Å². The summed E-state index contributed by atoms with van der Waals surface area (Å²) in [6.07, 6.45) is 5.33. The molecule has 1 aliphatic carbocycles. The summed E-state index contributed by atoms with van der Waals surface area (Å²) in [5.41, 5.74) is 2.38. The van der Waals surface area contributed by atoms with E-state index >= 15 is 0 Å². The molecule has 0 aliphatic heterocycles. The standard InChI is InChI=1S/C18H20N6O2S/c1-12-2-4-13(5-3-12)17(14-6-7-14)21-15(25)9-27-18-23-22-16(26-18)8-24-11-19-10-20-24/h2-5,10-11,14,17H,6-9H2,1H3,(H,21,25). The van der Waals surface area contributed by atoms with Crippen molar-refractivity contribution in [2.75, 3.05) is 5.75 Å². The van der Waals surface area contributed by atoms with Gasteiger partial charge in [0.2, 0.25) is 11.8 Å². The molecule has 1 saturated carbocycles. The van der Waals surface area contributed by atoms with E-state index in [9.17, 15) is 4.79 Å². The lowest BCUT2D eigenvalue weighted by Gasteiger charge is -2.18. The number of hydrogen-bond donors (Lipinski definition) is 1. The van der Waals surface area contributed by atoms with Gasteiger partial charge in [-0.2, -0.15) is 5.10 Å². The zero-order valence-electron chi connectivity index (χ0n) is 14.9. The molecule has 140 valence electrons. The molecule has 1 aromatic carbocycles. The van der Waals surface area contributed by atoms with Crippen LogP contribution in [0.3, 0.4) is 0 Å². The second-order valence-corrected chi connectivity index (χ2v) is 7.56. The van der Waals surface area contributed by atoms with Gasteiger partial charge < -0.3 is 9.73 Å². The van der Waals surface area contributed by atoms with Gasteiger partial charge in [0.1, 0.15) is 19.2 Å². The number of nitrogens with zero attached hydrogens (tertiary/aromatic N) is 5. The van der Waals surface area contributed by atoms with Crippen molar-refractivity contribution in [2.24, 2.45) is 5.92 Å². The quantitative estimate of drug-likeness (QED) is 0.595. The fourth-order valence-electron chi connectivity index (χ4n) is 2.83. The van der Waals surface area contributed by atoms with Crippen molar-refractivity contribution >= 4 is 17.7 Å². The molecule has 8 nitrogen and oxygen atoms in total. The summed E-state index contributed by atoms with van der Waals surface area (Å²) in [6.45, 7) is 2.42. The van der Waals surface area contributed by atoms with Crippen LogP contribution < -0.4 is 5.32 Å². The van der Waals surface area contributed by atoms with Crippen molar-refractivity contribution < 1.29 is 9.21 Å². The van der Waals surface area contributed by atoms with Crippen LogP contribution in [0.25, 0.3) is 0 Å². The fourth-order valence-corrected chi connectivity index (χ4v) is 3.42. The van der Waals surface area contributed by atoms with Gasteiger partial charge in [0.05, 0.1) is 11.8 Å². The molecule has 1 atom stereocenters. The van der Waals surface area contributed by atoms with Gasteiger partial charge in [-0.1, -0.05) is 41.6 Å². The molecule has 1 amide bonds. The van der Waals surface area contributed by atoms with Gasteiger partial charge in [-0.05, 0) is 31.2 Å². The van der Waals surface area contributed by atoms with Crippen LogP contribution in [-0.2, 0) is 11.3 Å². The Morgan fingerprint density at radius 3 is 2.85 bits per heavy atom.